The molecule has 0 radical (unpaired) electrons. The van der Waals surface area contributed by atoms with Gasteiger partial charge in [0.2, 0.25) is 0 Å². The summed E-state index contributed by atoms with van der Waals surface area (Å²) in [4.78, 5) is 13.1. The molecule has 0 bridgehead atoms. The van der Waals surface area contributed by atoms with Gasteiger partial charge in [0.1, 0.15) is 18.2 Å². The first kappa shape index (κ1) is 21.1. The van der Waals surface area contributed by atoms with Gasteiger partial charge < -0.3 is 14.8 Å². The molecule has 0 aliphatic rings. The van der Waals surface area contributed by atoms with Crippen molar-refractivity contribution in [2.75, 3.05) is 12.4 Å². The fourth-order valence-electron chi connectivity index (χ4n) is 3.18. The van der Waals surface area contributed by atoms with Gasteiger partial charge in [-0.3, -0.25) is 4.79 Å². The van der Waals surface area contributed by atoms with Crippen molar-refractivity contribution in [1.29, 1.82) is 0 Å². The van der Waals surface area contributed by atoms with Crippen molar-refractivity contribution in [3.8, 4) is 17.2 Å². The summed E-state index contributed by atoms with van der Waals surface area (Å²) >= 11 is 0. The van der Waals surface area contributed by atoms with E-state index in [0.717, 1.165) is 11.1 Å². The molecule has 0 saturated carbocycles. The number of hydrogen-bond acceptors (Lipinski definition) is 4. The topological polar surface area (TPSA) is 65.4 Å². The Hall–Kier alpha value is -4.13. The van der Waals surface area contributed by atoms with Crippen LogP contribution < -0.4 is 14.8 Å². The maximum Gasteiger partial charge on any atom is 0.280 e. The number of carbonyl (C=O) groups excluding carboxylic acids is 1. The zero-order chi connectivity index (χ0) is 22.5. The summed E-state index contributed by atoms with van der Waals surface area (Å²) in [6.45, 7) is 2.19. The molecule has 0 fully saturated rings. The number of nitrogens with one attached hydrogen (secondary N) is 1. The van der Waals surface area contributed by atoms with E-state index in [2.05, 4.69) is 10.4 Å². The largest absolute Gasteiger partial charge is 0.495 e. The Labute approximate surface area is 185 Å². The zero-order valence-electron chi connectivity index (χ0n) is 17.7. The van der Waals surface area contributed by atoms with Crippen LogP contribution in [0.2, 0.25) is 0 Å². The summed E-state index contributed by atoms with van der Waals surface area (Å²) in [7, 11) is 1.54. The van der Waals surface area contributed by atoms with Gasteiger partial charge in [0.15, 0.2) is 11.4 Å². The monoisotopic (exact) mass is 431 g/mol. The maximum atomic E-state index is 13.3. The molecular weight excluding hydrogens is 409 g/mol. The number of nitrogens with zero attached hydrogens (tertiary/aromatic N) is 2. The predicted octanol–water partition coefficient (Wildman–Crippen LogP) is 5.16. The number of rotatable bonds is 7. The molecule has 1 heterocycles. The summed E-state index contributed by atoms with van der Waals surface area (Å²) in [6.07, 6.45) is 1.61. The van der Waals surface area contributed by atoms with Crippen LogP contribution >= 0.6 is 0 Å². The van der Waals surface area contributed by atoms with Crippen molar-refractivity contribution in [3.63, 3.8) is 0 Å². The van der Waals surface area contributed by atoms with Gasteiger partial charge in [0.05, 0.1) is 24.7 Å². The van der Waals surface area contributed by atoms with Crippen LogP contribution in [0.4, 0.5) is 10.1 Å². The summed E-state index contributed by atoms with van der Waals surface area (Å²) in [5, 5.41) is 7.26. The fourth-order valence-corrected chi connectivity index (χ4v) is 3.18. The molecule has 0 saturated heterocycles. The summed E-state index contributed by atoms with van der Waals surface area (Å²) in [5.41, 5.74) is 3.16. The van der Waals surface area contributed by atoms with E-state index in [1.54, 1.807) is 24.4 Å². The molecule has 6 nitrogen and oxygen atoms in total. The lowest BCUT2D eigenvalue weighted by Gasteiger charge is -2.11. The Morgan fingerprint density at radius 2 is 1.78 bits per heavy atom. The molecule has 0 aliphatic heterocycles. The van der Waals surface area contributed by atoms with Crippen LogP contribution in [0.25, 0.3) is 5.69 Å². The van der Waals surface area contributed by atoms with Gasteiger partial charge in [0, 0.05) is 0 Å². The lowest BCUT2D eigenvalue weighted by Crippen LogP contribution is -2.15. The summed E-state index contributed by atoms with van der Waals surface area (Å²) < 4.78 is 26.1. The number of benzene rings is 3. The van der Waals surface area contributed by atoms with Gasteiger partial charge in [-0.1, -0.05) is 36.4 Å². The number of methoxy groups -OCH3 is 1. The average Bonchev–Trinajstić information content (AvgIpc) is 3.23. The van der Waals surface area contributed by atoms with Crippen molar-refractivity contribution in [2.24, 2.45) is 0 Å². The van der Waals surface area contributed by atoms with E-state index in [4.69, 9.17) is 9.47 Å². The highest BCUT2D eigenvalue weighted by Gasteiger charge is 2.21. The summed E-state index contributed by atoms with van der Waals surface area (Å²) in [5.74, 6) is 0.0414. The Kier molecular flexibility index (Phi) is 6.17. The first-order valence-corrected chi connectivity index (χ1v) is 10.0. The zero-order valence-corrected chi connectivity index (χ0v) is 17.7. The molecule has 7 heteroatoms. The highest BCUT2D eigenvalue weighted by Crippen LogP contribution is 2.28. The molecule has 1 aromatic heterocycles. The molecular formula is C25H22FN3O3. The van der Waals surface area contributed by atoms with Gasteiger partial charge in [0.25, 0.3) is 5.91 Å². The molecule has 4 aromatic rings. The van der Waals surface area contributed by atoms with Gasteiger partial charge in [-0.25, -0.2) is 9.07 Å². The molecule has 162 valence electrons. The first-order chi connectivity index (χ1) is 15.5. The molecule has 0 unspecified atom stereocenters. The van der Waals surface area contributed by atoms with Gasteiger partial charge in [-0.05, 0) is 54.4 Å². The number of halogens is 1. The molecule has 1 amide bonds. The van der Waals surface area contributed by atoms with E-state index in [-0.39, 0.29) is 18.1 Å². The Bertz CT molecular complexity index is 1220. The normalized spacial score (nSPS) is 10.6. The predicted molar refractivity (Wildman–Crippen MR) is 120 cm³/mol. The Morgan fingerprint density at radius 3 is 2.50 bits per heavy atom. The van der Waals surface area contributed by atoms with Crippen LogP contribution in [-0.4, -0.2) is 22.8 Å². The minimum absolute atomic E-state index is 0.105. The third kappa shape index (κ3) is 4.78. The molecule has 0 atom stereocenters. The third-order valence-electron chi connectivity index (χ3n) is 4.83. The van der Waals surface area contributed by atoms with Crippen molar-refractivity contribution in [2.45, 2.75) is 13.5 Å². The quantitative estimate of drug-likeness (QED) is 0.439. The number of aromatic nitrogens is 2. The third-order valence-corrected chi connectivity index (χ3v) is 4.83. The minimum atomic E-state index is -0.446. The van der Waals surface area contributed by atoms with E-state index < -0.39 is 5.91 Å². The summed E-state index contributed by atoms with van der Waals surface area (Å²) in [6, 6.07) is 20.9. The van der Waals surface area contributed by atoms with E-state index in [1.807, 2.05) is 49.4 Å². The van der Waals surface area contributed by atoms with Gasteiger partial charge >= 0.3 is 0 Å². The SMILES string of the molecule is COc1ccc(C)cc1NC(=O)c1nn(-c2ccc(F)cc2)cc1OCc1ccccc1. The van der Waals surface area contributed by atoms with E-state index in [0.29, 0.717) is 22.9 Å². The first-order valence-electron chi connectivity index (χ1n) is 10.0. The number of carbonyl (C=O) groups is 1. The average molecular weight is 431 g/mol. The fraction of sp³-hybridized carbons (Fsp3) is 0.120. The van der Waals surface area contributed by atoms with Gasteiger partial charge in [-0.2, -0.15) is 5.10 Å². The van der Waals surface area contributed by atoms with Crippen LogP contribution in [0, 0.1) is 12.7 Å². The van der Waals surface area contributed by atoms with E-state index >= 15 is 0 Å². The highest BCUT2D eigenvalue weighted by molar-refractivity contribution is 6.05. The van der Waals surface area contributed by atoms with Crippen LogP contribution in [0.15, 0.2) is 79.0 Å². The number of amides is 1. The molecule has 0 aliphatic carbocycles. The minimum Gasteiger partial charge on any atom is -0.495 e. The molecule has 32 heavy (non-hydrogen) atoms. The molecule has 3 aromatic carbocycles. The van der Waals surface area contributed by atoms with Crippen molar-refractivity contribution in [3.05, 3.63) is 102 Å². The van der Waals surface area contributed by atoms with Crippen LogP contribution in [-0.2, 0) is 6.61 Å². The van der Waals surface area contributed by atoms with Crippen molar-refractivity contribution in [1.82, 2.24) is 9.78 Å². The lowest BCUT2D eigenvalue weighted by atomic mass is 10.2. The van der Waals surface area contributed by atoms with Crippen molar-refractivity contribution < 1.29 is 18.7 Å². The van der Waals surface area contributed by atoms with Crippen LogP contribution in [0.1, 0.15) is 21.6 Å². The Morgan fingerprint density at radius 1 is 1.03 bits per heavy atom. The molecule has 1 N–H and O–H groups in total. The van der Waals surface area contributed by atoms with Gasteiger partial charge in [-0.15, -0.1) is 0 Å². The number of ether oxygens (including phenoxy) is 2. The molecule has 4 rings (SSSR count). The van der Waals surface area contributed by atoms with E-state index in [9.17, 15) is 9.18 Å². The van der Waals surface area contributed by atoms with Crippen LogP contribution in [0.5, 0.6) is 11.5 Å². The Balaban J connectivity index is 1.66. The second kappa shape index (κ2) is 9.34. The number of anilines is 1. The smallest absolute Gasteiger partial charge is 0.280 e. The number of hydrogen-bond donors (Lipinski definition) is 1. The second-order valence-corrected chi connectivity index (χ2v) is 7.20. The van der Waals surface area contributed by atoms with Crippen LogP contribution in [0.3, 0.4) is 0 Å². The standard InChI is InChI=1S/C25H22FN3O3/c1-17-8-13-22(31-2)21(14-17)27-25(30)24-23(32-16-18-6-4-3-5-7-18)15-29(28-24)20-11-9-19(26)10-12-20/h3-15H,16H2,1-2H3,(H,27,30). The molecule has 0 spiro atoms. The van der Waals surface area contributed by atoms with Crippen molar-refractivity contribution >= 4 is 11.6 Å². The highest BCUT2D eigenvalue weighted by atomic mass is 19.1. The second-order valence-electron chi connectivity index (χ2n) is 7.20. The maximum absolute atomic E-state index is 13.3. The number of aryl methyl sites for hydroxylation is 1. The lowest BCUT2D eigenvalue weighted by molar-refractivity contribution is 0.101. The van der Waals surface area contributed by atoms with E-state index in [1.165, 1.54) is 23.9 Å².